The molecular formula is C11H10N2O2. The van der Waals surface area contributed by atoms with Gasteiger partial charge in [-0.25, -0.2) is 0 Å². The molecule has 0 amide bonds. The lowest BCUT2D eigenvalue weighted by molar-refractivity contribution is 0.274. The summed E-state index contributed by atoms with van der Waals surface area (Å²) in [5.41, 5.74) is 0.439. The molecule has 1 aromatic carbocycles. The summed E-state index contributed by atoms with van der Waals surface area (Å²) < 4.78 is 10.3. The summed E-state index contributed by atoms with van der Waals surface area (Å²) in [6, 6.07) is 8.73. The fraction of sp³-hybridized carbons (Fsp3) is 0.273. The topological polar surface area (TPSA) is 66.0 Å². The fourth-order valence-corrected chi connectivity index (χ4v) is 1.05. The van der Waals surface area contributed by atoms with Crippen molar-refractivity contribution >= 4 is 0 Å². The van der Waals surface area contributed by atoms with Gasteiger partial charge in [0.1, 0.15) is 17.6 Å². The highest BCUT2D eigenvalue weighted by atomic mass is 16.5. The minimum absolute atomic E-state index is 0.439. The first-order chi connectivity index (χ1) is 7.19. The molecule has 0 aromatic heterocycles. The van der Waals surface area contributed by atoms with E-state index >= 15 is 0 Å². The maximum absolute atomic E-state index is 8.75. The minimum Gasteiger partial charge on any atom is -0.497 e. The molecule has 15 heavy (non-hydrogen) atoms. The molecule has 0 saturated carbocycles. The van der Waals surface area contributed by atoms with Crippen LogP contribution in [0.1, 0.15) is 12.5 Å². The van der Waals surface area contributed by atoms with Crippen LogP contribution >= 0.6 is 0 Å². The lowest BCUT2D eigenvalue weighted by Crippen LogP contribution is -2.08. The van der Waals surface area contributed by atoms with Gasteiger partial charge in [-0.15, -0.1) is 0 Å². The molecule has 4 heteroatoms. The molecule has 4 nitrogen and oxygen atoms in total. The molecule has 0 bridgehead atoms. The van der Waals surface area contributed by atoms with Gasteiger partial charge in [0.05, 0.1) is 18.7 Å². The van der Waals surface area contributed by atoms with Crippen LogP contribution in [0.3, 0.4) is 0 Å². The molecule has 76 valence electrons. The molecule has 0 heterocycles. The van der Waals surface area contributed by atoms with Crippen molar-refractivity contribution in [1.29, 1.82) is 10.5 Å². The van der Waals surface area contributed by atoms with Crippen molar-refractivity contribution < 1.29 is 9.47 Å². The van der Waals surface area contributed by atoms with E-state index in [1.807, 2.05) is 12.1 Å². The monoisotopic (exact) mass is 202 g/mol. The predicted molar refractivity (Wildman–Crippen MR) is 53.4 cm³/mol. The quantitative estimate of drug-likeness (QED) is 0.750. The zero-order valence-corrected chi connectivity index (χ0v) is 8.52. The second-order valence-electron chi connectivity index (χ2n) is 2.90. The molecule has 0 saturated heterocycles. The van der Waals surface area contributed by atoms with E-state index in [-0.39, 0.29) is 0 Å². The predicted octanol–water partition coefficient (Wildman–Crippen LogP) is 1.86. The number of methoxy groups -OCH3 is 1. The van der Waals surface area contributed by atoms with Gasteiger partial charge in [-0.05, 0) is 19.1 Å². The molecule has 0 N–H and O–H groups in total. The first kappa shape index (κ1) is 10.9. The minimum atomic E-state index is -0.552. The molecule has 0 spiro atoms. The molecular weight excluding hydrogens is 192 g/mol. The molecule has 0 aliphatic heterocycles. The van der Waals surface area contributed by atoms with Crippen LogP contribution in [0.25, 0.3) is 0 Å². The molecule has 1 unspecified atom stereocenters. The van der Waals surface area contributed by atoms with E-state index in [9.17, 15) is 0 Å². The number of nitrogens with zero attached hydrogens (tertiary/aromatic N) is 2. The van der Waals surface area contributed by atoms with Crippen LogP contribution in [0.5, 0.6) is 11.5 Å². The van der Waals surface area contributed by atoms with Gasteiger partial charge in [0.15, 0.2) is 6.10 Å². The molecule has 1 atom stereocenters. The Bertz CT molecular complexity index is 429. The average molecular weight is 202 g/mol. The van der Waals surface area contributed by atoms with Crippen LogP contribution in [0.15, 0.2) is 18.2 Å². The third-order valence-corrected chi connectivity index (χ3v) is 1.74. The van der Waals surface area contributed by atoms with E-state index in [2.05, 4.69) is 0 Å². The van der Waals surface area contributed by atoms with Crippen molar-refractivity contribution in [2.24, 2.45) is 0 Å². The number of nitriles is 2. The van der Waals surface area contributed by atoms with Crippen molar-refractivity contribution in [3.63, 3.8) is 0 Å². The third kappa shape index (κ3) is 2.89. The Balaban J connectivity index is 2.99. The molecule has 1 rings (SSSR count). The maximum Gasteiger partial charge on any atom is 0.181 e. The molecule has 1 aromatic rings. The van der Waals surface area contributed by atoms with Gasteiger partial charge < -0.3 is 9.47 Å². The van der Waals surface area contributed by atoms with Crippen molar-refractivity contribution in [3.05, 3.63) is 23.8 Å². The zero-order valence-electron chi connectivity index (χ0n) is 8.52. The van der Waals surface area contributed by atoms with Gasteiger partial charge in [-0.3, -0.25) is 0 Å². The lowest BCUT2D eigenvalue weighted by Gasteiger charge is -2.09. The van der Waals surface area contributed by atoms with Crippen LogP contribution in [-0.4, -0.2) is 13.2 Å². The van der Waals surface area contributed by atoms with Crippen LogP contribution < -0.4 is 9.47 Å². The van der Waals surface area contributed by atoms with Crippen LogP contribution in [0, 0.1) is 22.7 Å². The molecule has 0 fully saturated rings. The Labute approximate surface area is 88.3 Å². The van der Waals surface area contributed by atoms with Crippen molar-refractivity contribution in [2.75, 3.05) is 7.11 Å². The zero-order chi connectivity index (χ0) is 11.3. The van der Waals surface area contributed by atoms with Gasteiger partial charge in [0, 0.05) is 6.07 Å². The first-order valence-electron chi connectivity index (χ1n) is 4.35. The first-order valence-corrected chi connectivity index (χ1v) is 4.35. The van der Waals surface area contributed by atoms with Crippen LogP contribution in [0.4, 0.5) is 0 Å². The summed E-state index contributed by atoms with van der Waals surface area (Å²) in [4.78, 5) is 0. The highest BCUT2D eigenvalue weighted by Crippen LogP contribution is 2.23. The second kappa shape index (κ2) is 4.88. The summed E-state index contributed by atoms with van der Waals surface area (Å²) >= 11 is 0. The van der Waals surface area contributed by atoms with E-state index in [0.29, 0.717) is 17.1 Å². The third-order valence-electron chi connectivity index (χ3n) is 1.74. The van der Waals surface area contributed by atoms with Gasteiger partial charge in [-0.2, -0.15) is 10.5 Å². The van der Waals surface area contributed by atoms with Crippen LogP contribution in [0.2, 0.25) is 0 Å². The van der Waals surface area contributed by atoms with Gasteiger partial charge in [0.25, 0.3) is 0 Å². The molecule has 0 aliphatic carbocycles. The summed E-state index contributed by atoms with van der Waals surface area (Å²) in [7, 11) is 1.51. The molecule has 0 aliphatic rings. The Morgan fingerprint density at radius 2 is 1.87 bits per heavy atom. The Morgan fingerprint density at radius 3 is 2.40 bits per heavy atom. The van der Waals surface area contributed by atoms with E-state index in [1.54, 1.807) is 25.1 Å². The van der Waals surface area contributed by atoms with E-state index in [0.717, 1.165) is 0 Å². The highest BCUT2D eigenvalue weighted by Gasteiger charge is 2.05. The normalized spacial score (nSPS) is 10.9. The number of benzene rings is 1. The summed E-state index contributed by atoms with van der Waals surface area (Å²) in [5, 5.41) is 17.3. The fourth-order valence-electron chi connectivity index (χ4n) is 1.05. The number of hydrogen-bond acceptors (Lipinski definition) is 4. The van der Waals surface area contributed by atoms with Crippen molar-refractivity contribution in [2.45, 2.75) is 13.0 Å². The van der Waals surface area contributed by atoms with Crippen molar-refractivity contribution in [1.82, 2.24) is 0 Å². The largest absolute Gasteiger partial charge is 0.497 e. The maximum atomic E-state index is 8.75. The van der Waals surface area contributed by atoms with Gasteiger partial charge >= 0.3 is 0 Å². The number of ether oxygens (including phenoxy) is 2. The summed E-state index contributed by atoms with van der Waals surface area (Å²) in [5.74, 6) is 0.995. The van der Waals surface area contributed by atoms with Crippen LogP contribution in [-0.2, 0) is 0 Å². The Kier molecular flexibility index (Phi) is 3.54. The molecule has 0 radical (unpaired) electrons. The van der Waals surface area contributed by atoms with Crippen molar-refractivity contribution in [3.8, 4) is 23.6 Å². The highest BCUT2D eigenvalue weighted by molar-refractivity contribution is 5.44. The Hall–Kier alpha value is -2.20. The smallest absolute Gasteiger partial charge is 0.181 e. The van der Waals surface area contributed by atoms with E-state index in [4.69, 9.17) is 20.0 Å². The SMILES string of the molecule is COc1cc(C#N)cc(OC(C)C#N)c1. The number of rotatable bonds is 3. The summed E-state index contributed by atoms with van der Waals surface area (Å²) in [6.45, 7) is 1.63. The second-order valence-corrected chi connectivity index (χ2v) is 2.90. The van der Waals surface area contributed by atoms with E-state index < -0.39 is 6.10 Å². The van der Waals surface area contributed by atoms with Gasteiger partial charge in [0.2, 0.25) is 0 Å². The summed E-state index contributed by atoms with van der Waals surface area (Å²) in [6.07, 6.45) is -0.552. The van der Waals surface area contributed by atoms with E-state index in [1.165, 1.54) is 7.11 Å². The van der Waals surface area contributed by atoms with Gasteiger partial charge in [-0.1, -0.05) is 0 Å². The standard InChI is InChI=1S/C11H10N2O2/c1-8(6-12)15-11-4-9(7-13)3-10(5-11)14-2/h3-5,8H,1-2H3. The number of hydrogen-bond donors (Lipinski definition) is 0. The lowest BCUT2D eigenvalue weighted by atomic mass is 10.2. The average Bonchev–Trinajstić information content (AvgIpc) is 2.28. The Morgan fingerprint density at radius 1 is 1.20 bits per heavy atom.